The monoisotopic (exact) mass is 372 g/mol. The fourth-order valence-electron chi connectivity index (χ4n) is 2.19. The quantitative estimate of drug-likeness (QED) is 0.502. The third-order valence-corrected chi connectivity index (χ3v) is 4.14. The Labute approximate surface area is 157 Å². The van der Waals surface area contributed by atoms with Crippen LogP contribution >= 0.6 is 23.2 Å². The summed E-state index contributed by atoms with van der Waals surface area (Å²) in [5.41, 5.74) is 2.09. The van der Waals surface area contributed by atoms with E-state index in [1.54, 1.807) is 37.3 Å². The first-order valence-electron chi connectivity index (χ1n) is 7.82. The number of hydrogen-bond donors (Lipinski definition) is 0. The smallest absolute Gasteiger partial charge is 0.192 e. The minimum Gasteiger partial charge on any atom is -0.295 e. The van der Waals surface area contributed by atoms with Gasteiger partial charge in [-0.2, -0.15) is 0 Å². The summed E-state index contributed by atoms with van der Waals surface area (Å²) >= 11 is 11.8. The van der Waals surface area contributed by atoms with Gasteiger partial charge < -0.3 is 0 Å². The SMILES string of the molecule is CC(=O)c1ccccc1.O=C(C1=CCC(Cl)(Cl)C=C1)c1ccccc1. The van der Waals surface area contributed by atoms with Crippen LogP contribution in [0.1, 0.15) is 34.1 Å². The molecule has 0 radical (unpaired) electrons. The van der Waals surface area contributed by atoms with Gasteiger partial charge >= 0.3 is 0 Å². The van der Waals surface area contributed by atoms with E-state index in [4.69, 9.17) is 23.2 Å². The maximum Gasteiger partial charge on any atom is 0.192 e. The summed E-state index contributed by atoms with van der Waals surface area (Å²) < 4.78 is -0.875. The highest BCUT2D eigenvalue weighted by Gasteiger charge is 2.23. The van der Waals surface area contributed by atoms with E-state index in [0.29, 0.717) is 17.6 Å². The number of benzene rings is 2. The van der Waals surface area contributed by atoms with Crippen molar-refractivity contribution in [1.29, 1.82) is 0 Å². The van der Waals surface area contributed by atoms with Crippen molar-refractivity contribution in [2.24, 2.45) is 0 Å². The van der Waals surface area contributed by atoms with Crippen molar-refractivity contribution >= 4 is 34.8 Å². The third kappa shape index (κ3) is 6.00. The highest BCUT2D eigenvalue weighted by Crippen LogP contribution is 2.32. The minimum absolute atomic E-state index is 0.000633. The Morgan fingerprint density at radius 1 is 0.880 bits per heavy atom. The van der Waals surface area contributed by atoms with Crippen LogP contribution in [0.15, 0.2) is 84.5 Å². The fourth-order valence-corrected chi connectivity index (χ4v) is 2.47. The Bertz CT molecular complexity index is 791. The second-order valence-electron chi connectivity index (χ2n) is 5.58. The molecule has 2 aromatic carbocycles. The standard InChI is InChI=1S/C13H10Cl2O.C8H8O/c14-13(15)8-6-11(7-9-13)12(16)10-4-2-1-3-5-10;1-7(9)8-5-3-2-4-6-8/h1-8H,9H2;2-6H,1H3. The van der Waals surface area contributed by atoms with Gasteiger partial charge in [0.2, 0.25) is 0 Å². The van der Waals surface area contributed by atoms with Crippen molar-refractivity contribution in [3.05, 3.63) is 95.6 Å². The van der Waals surface area contributed by atoms with Gasteiger partial charge in [-0.1, -0.05) is 96.0 Å². The minimum atomic E-state index is -0.875. The number of carbonyl (C=O) groups is 2. The number of rotatable bonds is 3. The van der Waals surface area contributed by atoms with Crippen LogP contribution in [0.5, 0.6) is 0 Å². The Morgan fingerprint density at radius 2 is 1.40 bits per heavy atom. The van der Waals surface area contributed by atoms with Gasteiger partial charge in [0.15, 0.2) is 11.6 Å². The van der Waals surface area contributed by atoms with E-state index >= 15 is 0 Å². The van der Waals surface area contributed by atoms with Crippen LogP contribution in [0.2, 0.25) is 0 Å². The number of ketones is 2. The maximum atomic E-state index is 12.0. The lowest BCUT2D eigenvalue weighted by molar-refractivity contribution is 0.101. The van der Waals surface area contributed by atoms with E-state index in [0.717, 1.165) is 5.56 Å². The molecule has 0 fully saturated rings. The van der Waals surface area contributed by atoms with Crippen LogP contribution in [0, 0.1) is 0 Å². The van der Waals surface area contributed by atoms with Crippen LogP contribution < -0.4 is 0 Å². The van der Waals surface area contributed by atoms with E-state index in [9.17, 15) is 9.59 Å². The molecule has 0 heterocycles. The van der Waals surface area contributed by atoms with Crippen LogP contribution in [-0.2, 0) is 0 Å². The van der Waals surface area contributed by atoms with Gasteiger partial charge in [0.1, 0.15) is 4.33 Å². The van der Waals surface area contributed by atoms with Gasteiger partial charge in [-0.3, -0.25) is 9.59 Å². The second kappa shape index (κ2) is 8.80. The van der Waals surface area contributed by atoms with E-state index in [-0.39, 0.29) is 11.6 Å². The Kier molecular flexibility index (Phi) is 6.74. The number of carbonyl (C=O) groups excluding carboxylic acids is 2. The van der Waals surface area contributed by atoms with E-state index < -0.39 is 4.33 Å². The number of Topliss-reactive ketones (excluding diaryl/α,β-unsaturated/α-hetero) is 2. The molecule has 0 saturated carbocycles. The van der Waals surface area contributed by atoms with Gasteiger partial charge in [0, 0.05) is 23.1 Å². The van der Waals surface area contributed by atoms with Gasteiger partial charge in [-0.25, -0.2) is 0 Å². The first-order chi connectivity index (χ1) is 11.9. The zero-order valence-electron chi connectivity index (χ0n) is 13.8. The normalized spacial score (nSPS) is 14.8. The molecule has 2 aromatic rings. The molecule has 0 aromatic heterocycles. The Balaban J connectivity index is 0.000000212. The summed E-state index contributed by atoms with van der Waals surface area (Å²) in [7, 11) is 0. The average molecular weight is 373 g/mol. The predicted octanol–water partition coefficient (Wildman–Crippen LogP) is 5.82. The second-order valence-corrected chi connectivity index (χ2v) is 7.12. The van der Waals surface area contributed by atoms with Crippen molar-refractivity contribution < 1.29 is 9.59 Å². The summed E-state index contributed by atoms with van der Waals surface area (Å²) in [6.07, 6.45) is 5.56. The molecule has 0 amide bonds. The lowest BCUT2D eigenvalue weighted by Gasteiger charge is -2.17. The van der Waals surface area contributed by atoms with Crippen molar-refractivity contribution in [2.45, 2.75) is 17.7 Å². The van der Waals surface area contributed by atoms with Crippen LogP contribution in [0.3, 0.4) is 0 Å². The van der Waals surface area contributed by atoms with E-state index in [1.165, 1.54) is 0 Å². The summed E-state index contributed by atoms with van der Waals surface area (Å²) in [5, 5.41) is 0. The third-order valence-electron chi connectivity index (χ3n) is 3.58. The lowest BCUT2D eigenvalue weighted by atomic mass is 9.98. The summed E-state index contributed by atoms with van der Waals surface area (Å²) in [6.45, 7) is 1.56. The summed E-state index contributed by atoms with van der Waals surface area (Å²) in [6, 6.07) is 18.4. The molecule has 1 aliphatic carbocycles. The molecule has 0 unspecified atom stereocenters. The molecule has 0 saturated heterocycles. The Hall–Kier alpha value is -2.16. The van der Waals surface area contributed by atoms with Crippen molar-refractivity contribution in [3.8, 4) is 0 Å². The van der Waals surface area contributed by atoms with E-state index in [1.807, 2.05) is 48.5 Å². The molecule has 0 spiro atoms. The zero-order chi connectivity index (χ0) is 18.3. The van der Waals surface area contributed by atoms with E-state index in [2.05, 4.69) is 0 Å². The molecule has 25 heavy (non-hydrogen) atoms. The molecule has 3 rings (SSSR count). The van der Waals surface area contributed by atoms with Crippen LogP contribution in [0.25, 0.3) is 0 Å². The number of hydrogen-bond acceptors (Lipinski definition) is 2. The molecule has 0 bridgehead atoms. The molecule has 1 aliphatic rings. The van der Waals surface area contributed by atoms with Crippen LogP contribution in [-0.4, -0.2) is 15.9 Å². The molecule has 0 aliphatic heterocycles. The van der Waals surface area contributed by atoms with Crippen molar-refractivity contribution in [2.75, 3.05) is 0 Å². The molecule has 2 nitrogen and oxygen atoms in total. The molecule has 128 valence electrons. The number of alkyl halides is 2. The largest absolute Gasteiger partial charge is 0.295 e. The number of halogens is 2. The maximum absolute atomic E-state index is 12.0. The van der Waals surface area contributed by atoms with Gasteiger partial charge in [-0.15, -0.1) is 0 Å². The zero-order valence-corrected chi connectivity index (χ0v) is 15.3. The molecule has 0 N–H and O–H groups in total. The number of allylic oxidation sites excluding steroid dienone is 4. The molecule has 4 heteroatoms. The highest BCUT2D eigenvalue weighted by atomic mass is 35.5. The van der Waals surface area contributed by atoms with Gasteiger partial charge in [0.25, 0.3) is 0 Å². The van der Waals surface area contributed by atoms with Crippen molar-refractivity contribution in [1.82, 2.24) is 0 Å². The van der Waals surface area contributed by atoms with Crippen molar-refractivity contribution in [3.63, 3.8) is 0 Å². The topological polar surface area (TPSA) is 34.1 Å². The Morgan fingerprint density at radius 3 is 1.80 bits per heavy atom. The average Bonchev–Trinajstić information content (AvgIpc) is 2.63. The first-order valence-corrected chi connectivity index (χ1v) is 8.57. The predicted molar refractivity (Wildman–Crippen MR) is 103 cm³/mol. The fraction of sp³-hybridized carbons (Fsp3) is 0.143. The van der Waals surface area contributed by atoms with Crippen LogP contribution in [0.4, 0.5) is 0 Å². The molecular formula is C21H18Cl2O2. The molecule has 0 atom stereocenters. The van der Waals surface area contributed by atoms with Gasteiger partial charge in [0.05, 0.1) is 0 Å². The van der Waals surface area contributed by atoms with Gasteiger partial charge in [-0.05, 0) is 13.0 Å². The summed E-state index contributed by atoms with van der Waals surface area (Å²) in [5.74, 6) is 0.122. The first kappa shape index (κ1) is 19.2. The molecular weight excluding hydrogens is 355 g/mol. The summed E-state index contributed by atoms with van der Waals surface area (Å²) in [4.78, 5) is 22.7. The highest BCUT2D eigenvalue weighted by molar-refractivity contribution is 6.50. The lowest BCUT2D eigenvalue weighted by Crippen LogP contribution is -2.13.